The van der Waals surface area contributed by atoms with Crippen molar-refractivity contribution in [2.45, 2.75) is 33.2 Å². The van der Waals surface area contributed by atoms with Crippen LogP contribution in [0.15, 0.2) is 29.3 Å². The maximum Gasteiger partial charge on any atom is 0.326 e. The number of nitrogens with one attached hydrogen (secondary N) is 1. The second kappa shape index (κ2) is 6.60. The van der Waals surface area contributed by atoms with E-state index >= 15 is 0 Å². The lowest BCUT2D eigenvalue weighted by Gasteiger charge is -2.19. The summed E-state index contributed by atoms with van der Waals surface area (Å²) in [6.45, 7) is 5.38. The summed E-state index contributed by atoms with van der Waals surface area (Å²) in [7, 11) is 0. The molecule has 122 valence electrons. The molecule has 7 nitrogen and oxygen atoms in total. The van der Waals surface area contributed by atoms with Crippen LogP contribution < -0.4 is 10.9 Å². The van der Waals surface area contributed by atoms with Crippen LogP contribution in [0.1, 0.15) is 36.2 Å². The molecule has 0 radical (unpaired) electrons. The quantitative estimate of drug-likeness (QED) is 0.864. The Hall–Kier alpha value is -2.70. The topological polar surface area (TPSA) is 101 Å². The fraction of sp³-hybridized carbons (Fsp3) is 0.375. The fourth-order valence-corrected chi connectivity index (χ4v) is 2.30. The van der Waals surface area contributed by atoms with Gasteiger partial charge in [-0.1, -0.05) is 26.3 Å². The molecule has 0 bridgehead atoms. The van der Waals surface area contributed by atoms with Crippen LogP contribution in [0.25, 0.3) is 5.65 Å². The third-order valence-corrected chi connectivity index (χ3v) is 3.94. The highest BCUT2D eigenvalue weighted by molar-refractivity contribution is 5.96. The lowest BCUT2D eigenvalue weighted by atomic mass is 9.99. The van der Waals surface area contributed by atoms with Gasteiger partial charge in [0.2, 0.25) is 0 Å². The first-order chi connectivity index (χ1) is 10.9. The number of carbonyl (C=O) groups excluding carboxylic acids is 1. The number of aromatic nitrogens is 2. The van der Waals surface area contributed by atoms with Crippen LogP contribution in [0.4, 0.5) is 0 Å². The van der Waals surface area contributed by atoms with E-state index in [0.717, 1.165) is 5.56 Å². The van der Waals surface area contributed by atoms with E-state index in [1.807, 2.05) is 19.9 Å². The lowest BCUT2D eigenvalue weighted by molar-refractivity contribution is -0.140. The van der Waals surface area contributed by atoms with Gasteiger partial charge in [0.05, 0.1) is 0 Å². The molecule has 7 heteroatoms. The zero-order chi connectivity index (χ0) is 17.1. The summed E-state index contributed by atoms with van der Waals surface area (Å²) in [5.74, 6) is -2.11. The van der Waals surface area contributed by atoms with Gasteiger partial charge >= 0.3 is 5.97 Å². The normalized spacial score (nSPS) is 13.5. The van der Waals surface area contributed by atoms with E-state index in [9.17, 15) is 19.5 Å². The van der Waals surface area contributed by atoms with Crippen molar-refractivity contribution in [1.29, 1.82) is 0 Å². The number of carboxylic acid groups (broad SMARTS) is 1. The molecule has 0 saturated heterocycles. The number of hydrogen-bond donors (Lipinski definition) is 2. The predicted octanol–water partition coefficient (Wildman–Crippen LogP) is 1.23. The van der Waals surface area contributed by atoms with Crippen molar-refractivity contribution in [2.75, 3.05) is 0 Å². The van der Waals surface area contributed by atoms with Crippen LogP contribution in [-0.2, 0) is 4.79 Å². The van der Waals surface area contributed by atoms with Gasteiger partial charge in [0.15, 0.2) is 0 Å². The standard InChI is InChI=1S/C16H19N3O4/c1-4-9(2)12(16(22)23)18-14(20)11-8-17-13-10(3)6-5-7-19(13)15(11)21/h5-9,12H,4H2,1-3H3,(H,18,20)(H,22,23)/t9-,12-/m0/s1. The molecule has 0 aliphatic carbocycles. The SMILES string of the molecule is CC[C@H](C)[C@H](NC(=O)c1cnc2c(C)cccn2c1=O)C(=O)O. The number of amides is 1. The van der Waals surface area contributed by atoms with Gasteiger partial charge in [0.25, 0.3) is 11.5 Å². The van der Waals surface area contributed by atoms with E-state index < -0.39 is 23.5 Å². The minimum atomic E-state index is -1.13. The zero-order valence-corrected chi connectivity index (χ0v) is 13.2. The molecule has 2 aromatic heterocycles. The molecule has 2 heterocycles. The van der Waals surface area contributed by atoms with Crippen molar-refractivity contribution in [3.05, 3.63) is 46.0 Å². The molecule has 0 spiro atoms. The first-order valence-electron chi connectivity index (χ1n) is 7.37. The molecule has 1 amide bonds. The highest BCUT2D eigenvalue weighted by atomic mass is 16.4. The predicted molar refractivity (Wildman–Crippen MR) is 84.5 cm³/mol. The Balaban J connectivity index is 2.40. The summed E-state index contributed by atoms with van der Waals surface area (Å²) in [6.07, 6.45) is 3.30. The first kappa shape index (κ1) is 16.7. The Labute approximate surface area is 133 Å². The van der Waals surface area contributed by atoms with Gasteiger partial charge in [0, 0.05) is 12.4 Å². The molecule has 0 unspecified atom stereocenters. The molecule has 0 fully saturated rings. The van der Waals surface area contributed by atoms with E-state index in [2.05, 4.69) is 10.3 Å². The number of nitrogens with zero attached hydrogens (tertiary/aromatic N) is 2. The molecule has 2 aromatic rings. The van der Waals surface area contributed by atoms with Gasteiger partial charge in [-0.2, -0.15) is 0 Å². The number of rotatable bonds is 5. The fourth-order valence-electron chi connectivity index (χ4n) is 2.30. The number of aliphatic carboxylic acids is 1. The third-order valence-electron chi connectivity index (χ3n) is 3.94. The maximum atomic E-state index is 12.4. The summed E-state index contributed by atoms with van der Waals surface area (Å²) >= 11 is 0. The number of pyridine rings is 1. The van der Waals surface area contributed by atoms with Crippen molar-refractivity contribution < 1.29 is 14.7 Å². The average Bonchev–Trinajstić information content (AvgIpc) is 2.52. The highest BCUT2D eigenvalue weighted by Gasteiger charge is 2.27. The second-order valence-corrected chi connectivity index (χ2v) is 5.54. The Morgan fingerprint density at radius 3 is 2.74 bits per heavy atom. The molecule has 0 aromatic carbocycles. The molecule has 0 saturated carbocycles. The second-order valence-electron chi connectivity index (χ2n) is 5.54. The van der Waals surface area contributed by atoms with E-state index in [1.165, 1.54) is 16.8 Å². The van der Waals surface area contributed by atoms with Gasteiger partial charge in [0.1, 0.15) is 17.3 Å². The number of carboxylic acids is 1. The van der Waals surface area contributed by atoms with Crippen LogP contribution >= 0.6 is 0 Å². The van der Waals surface area contributed by atoms with Crippen molar-refractivity contribution >= 4 is 17.5 Å². The summed E-state index contributed by atoms with van der Waals surface area (Å²) in [4.78, 5) is 40.2. The minimum absolute atomic E-state index is 0.178. The van der Waals surface area contributed by atoms with Gasteiger partial charge in [-0.25, -0.2) is 9.78 Å². The summed E-state index contributed by atoms with van der Waals surface area (Å²) in [5, 5.41) is 11.6. The van der Waals surface area contributed by atoms with E-state index in [0.29, 0.717) is 12.1 Å². The van der Waals surface area contributed by atoms with Crippen LogP contribution in [0.5, 0.6) is 0 Å². The Bertz CT molecular complexity index is 813. The average molecular weight is 317 g/mol. The van der Waals surface area contributed by atoms with Crippen LogP contribution in [-0.4, -0.2) is 32.4 Å². The van der Waals surface area contributed by atoms with Crippen LogP contribution in [0.2, 0.25) is 0 Å². The molecule has 2 N–H and O–H groups in total. The number of fused-ring (bicyclic) bond motifs is 1. The van der Waals surface area contributed by atoms with Crippen LogP contribution in [0, 0.1) is 12.8 Å². The minimum Gasteiger partial charge on any atom is -0.480 e. The molecular weight excluding hydrogens is 298 g/mol. The Morgan fingerprint density at radius 1 is 1.43 bits per heavy atom. The smallest absolute Gasteiger partial charge is 0.326 e. The van der Waals surface area contributed by atoms with Crippen LogP contribution in [0.3, 0.4) is 0 Å². The highest BCUT2D eigenvalue weighted by Crippen LogP contribution is 2.09. The van der Waals surface area contributed by atoms with Gasteiger partial charge < -0.3 is 10.4 Å². The molecule has 0 aliphatic heterocycles. The monoisotopic (exact) mass is 317 g/mol. The van der Waals surface area contributed by atoms with E-state index in [4.69, 9.17) is 0 Å². The van der Waals surface area contributed by atoms with Crippen molar-refractivity contribution in [1.82, 2.24) is 14.7 Å². The first-order valence-corrected chi connectivity index (χ1v) is 7.37. The summed E-state index contributed by atoms with van der Waals surface area (Å²) in [6, 6.07) is 2.45. The van der Waals surface area contributed by atoms with E-state index in [1.54, 1.807) is 13.0 Å². The molecule has 2 atom stereocenters. The van der Waals surface area contributed by atoms with Gasteiger partial charge in [-0.05, 0) is 24.5 Å². The molecule has 0 aliphatic rings. The van der Waals surface area contributed by atoms with Gasteiger partial charge in [-0.15, -0.1) is 0 Å². The maximum absolute atomic E-state index is 12.4. The number of aryl methyl sites for hydroxylation is 1. The van der Waals surface area contributed by atoms with Crippen molar-refractivity contribution in [3.63, 3.8) is 0 Å². The third kappa shape index (κ3) is 3.23. The zero-order valence-electron chi connectivity index (χ0n) is 13.2. The molecular formula is C16H19N3O4. The lowest BCUT2D eigenvalue weighted by Crippen LogP contribution is -2.46. The Morgan fingerprint density at radius 2 is 2.13 bits per heavy atom. The largest absolute Gasteiger partial charge is 0.480 e. The van der Waals surface area contributed by atoms with E-state index in [-0.39, 0.29) is 11.5 Å². The van der Waals surface area contributed by atoms with Gasteiger partial charge in [-0.3, -0.25) is 14.0 Å². The molecule has 23 heavy (non-hydrogen) atoms. The van der Waals surface area contributed by atoms with Crippen molar-refractivity contribution in [2.24, 2.45) is 5.92 Å². The van der Waals surface area contributed by atoms with Crippen molar-refractivity contribution in [3.8, 4) is 0 Å². The Kier molecular flexibility index (Phi) is 4.78. The summed E-state index contributed by atoms with van der Waals surface area (Å²) in [5.41, 5.74) is 0.567. The summed E-state index contributed by atoms with van der Waals surface area (Å²) < 4.78 is 1.28. The molecule has 2 rings (SSSR count). The number of hydrogen-bond acceptors (Lipinski definition) is 4. The number of carbonyl (C=O) groups is 2.